The molecule has 3 aliphatic heterocycles. The maximum absolute atomic E-state index is 15.2. The number of alkyl halides is 3. The number of carbonyl (C=O) groups is 3. The third kappa shape index (κ3) is 9.37. The van der Waals surface area contributed by atoms with Gasteiger partial charge in [-0.15, -0.1) is 0 Å². The first-order valence-electron chi connectivity index (χ1n) is 19.0. The first-order chi connectivity index (χ1) is 27.1. The maximum atomic E-state index is 15.2. The normalized spacial score (nSPS) is 18.8. The molecule has 1 unspecified atom stereocenters. The van der Waals surface area contributed by atoms with Gasteiger partial charge in [0.15, 0.2) is 0 Å². The van der Waals surface area contributed by atoms with Crippen molar-refractivity contribution in [2.24, 2.45) is 5.92 Å². The highest BCUT2D eigenvalue weighted by atomic mass is 19.4. The predicted octanol–water partition coefficient (Wildman–Crippen LogP) is 5.16. The third-order valence-electron chi connectivity index (χ3n) is 10.7. The average molecular weight is 792 g/mol. The fourth-order valence-corrected chi connectivity index (χ4v) is 7.57. The summed E-state index contributed by atoms with van der Waals surface area (Å²) in [5, 5.41) is 23.2. The van der Waals surface area contributed by atoms with Crippen LogP contribution in [0.3, 0.4) is 0 Å². The van der Waals surface area contributed by atoms with E-state index >= 15 is 4.39 Å². The molecule has 0 spiro atoms. The zero-order valence-corrected chi connectivity index (χ0v) is 31.7. The van der Waals surface area contributed by atoms with Crippen molar-refractivity contribution < 1.29 is 37.1 Å². The minimum atomic E-state index is -4.71. The molecule has 5 heterocycles. The maximum Gasteiger partial charge on any atom is 0.433 e. The molecule has 3 fully saturated rings. The Morgan fingerprint density at radius 2 is 1.61 bits per heavy atom. The molecule has 1 atom stereocenters. The largest absolute Gasteiger partial charge is 0.433 e. The second-order valence-corrected chi connectivity index (χ2v) is 15.3. The standard InChI is InChI=1S/C40H45F4N9O4/c1-39(2,57)36-32(47-37(55)30-4-3-5-34(46-30)40(42,43)44)24-53(49-36)28-9-7-27(8-10-28)51-20-18-50(19-21-51)23-25-14-16-52(17-15-25)33-12-6-26(22-29(33)41)45-31-11-13-35(54)48-38(31)56/h3-10,12,22,24-25,31,45,57H,11,13-21,23H2,1-2H3,(H,47,55)(H,48,54,56). The van der Waals surface area contributed by atoms with E-state index in [4.69, 9.17) is 0 Å². The Balaban J connectivity index is 0.896. The molecule has 0 saturated carbocycles. The average Bonchev–Trinajstić information content (AvgIpc) is 3.61. The Morgan fingerprint density at radius 1 is 0.912 bits per heavy atom. The molecule has 7 rings (SSSR count). The monoisotopic (exact) mass is 791 g/mol. The van der Waals surface area contributed by atoms with Gasteiger partial charge in [0.05, 0.1) is 23.3 Å². The van der Waals surface area contributed by atoms with Gasteiger partial charge in [0, 0.05) is 63.6 Å². The number of benzene rings is 2. The summed E-state index contributed by atoms with van der Waals surface area (Å²) in [6, 6.07) is 15.2. The van der Waals surface area contributed by atoms with Gasteiger partial charge in [0.25, 0.3) is 5.91 Å². The summed E-state index contributed by atoms with van der Waals surface area (Å²) in [5.41, 5.74) is -0.0655. The molecule has 17 heteroatoms. The van der Waals surface area contributed by atoms with E-state index in [2.05, 4.69) is 40.7 Å². The Labute approximate surface area is 327 Å². The Morgan fingerprint density at radius 3 is 2.26 bits per heavy atom. The molecule has 302 valence electrons. The topological polar surface area (TPSA) is 148 Å². The molecule has 4 aromatic rings. The summed E-state index contributed by atoms with van der Waals surface area (Å²) in [6.45, 7) is 8.95. The van der Waals surface area contributed by atoms with Crippen molar-refractivity contribution in [3.63, 3.8) is 0 Å². The number of anilines is 4. The number of halogens is 4. The summed E-state index contributed by atoms with van der Waals surface area (Å²) in [7, 11) is 0. The summed E-state index contributed by atoms with van der Waals surface area (Å²) < 4.78 is 56.2. The Hall–Kier alpha value is -5.55. The van der Waals surface area contributed by atoms with E-state index in [0.29, 0.717) is 29.4 Å². The van der Waals surface area contributed by atoms with Crippen LogP contribution in [0.15, 0.2) is 66.9 Å². The molecule has 2 aromatic heterocycles. The van der Waals surface area contributed by atoms with Crippen molar-refractivity contribution in [3.8, 4) is 5.69 Å². The summed E-state index contributed by atoms with van der Waals surface area (Å²) in [6.07, 6.45) is -0.678. The number of nitrogens with zero attached hydrogens (tertiary/aromatic N) is 6. The number of hydrogen-bond acceptors (Lipinski definition) is 10. The molecule has 13 nitrogen and oxygen atoms in total. The van der Waals surface area contributed by atoms with Crippen LogP contribution in [0.1, 0.15) is 61.4 Å². The highest BCUT2D eigenvalue weighted by molar-refractivity contribution is 6.03. The number of rotatable bonds is 10. The number of hydrogen-bond donors (Lipinski definition) is 4. The first-order valence-corrected chi connectivity index (χ1v) is 19.0. The van der Waals surface area contributed by atoms with Gasteiger partial charge in [-0.3, -0.25) is 24.6 Å². The summed E-state index contributed by atoms with van der Waals surface area (Å²) in [4.78, 5) is 46.8. The number of piperidine rings is 2. The number of pyridine rings is 1. The zero-order valence-electron chi connectivity index (χ0n) is 31.7. The van der Waals surface area contributed by atoms with Gasteiger partial charge in [-0.25, -0.2) is 14.1 Å². The van der Waals surface area contributed by atoms with Crippen LogP contribution in [0, 0.1) is 11.7 Å². The van der Waals surface area contributed by atoms with Crippen LogP contribution in [-0.2, 0) is 21.4 Å². The molecule has 2 aromatic carbocycles. The van der Waals surface area contributed by atoms with Gasteiger partial charge in [-0.1, -0.05) is 6.07 Å². The fraction of sp³-hybridized carbons (Fsp3) is 0.425. The highest BCUT2D eigenvalue weighted by Crippen LogP contribution is 2.32. The first kappa shape index (κ1) is 39.7. The van der Waals surface area contributed by atoms with Gasteiger partial charge in [-0.05, 0) is 93.6 Å². The van der Waals surface area contributed by atoms with Crippen LogP contribution in [0.5, 0.6) is 0 Å². The number of piperazine rings is 1. The lowest BCUT2D eigenvalue weighted by molar-refractivity contribution is -0.141. The number of nitrogens with one attached hydrogen (secondary N) is 3. The smallest absolute Gasteiger partial charge is 0.384 e. The van der Waals surface area contributed by atoms with Crippen molar-refractivity contribution in [2.45, 2.75) is 57.3 Å². The van der Waals surface area contributed by atoms with Crippen LogP contribution in [0.4, 0.5) is 40.3 Å². The Bertz CT molecular complexity index is 2100. The van der Waals surface area contributed by atoms with Crippen LogP contribution < -0.4 is 25.8 Å². The lowest BCUT2D eigenvalue weighted by atomic mass is 9.95. The van der Waals surface area contributed by atoms with E-state index in [1.54, 1.807) is 12.1 Å². The van der Waals surface area contributed by atoms with Gasteiger partial charge in [0.2, 0.25) is 11.8 Å². The van der Waals surface area contributed by atoms with E-state index in [9.17, 15) is 32.7 Å². The highest BCUT2D eigenvalue weighted by Gasteiger charge is 2.34. The Kier molecular flexibility index (Phi) is 11.2. The predicted molar refractivity (Wildman–Crippen MR) is 206 cm³/mol. The van der Waals surface area contributed by atoms with Crippen LogP contribution in [-0.4, -0.2) is 94.3 Å². The minimum Gasteiger partial charge on any atom is -0.384 e. The van der Waals surface area contributed by atoms with Crippen molar-refractivity contribution in [1.82, 2.24) is 25.0 Å². The molecule has 0 bridgehead atoms. The third-order valence-corrected chi connectivity index (χ3v) is 10.7. The van der Waals surface area contributed by atoms with E-state index in [1.165, 1.54) is 36.9 Å². The quantitative estimate of drug-likeness (QED) is 0.126. The van der Waals surface area contributed by atoms with E-state index in [1.807, 2.05) is 24.3 Å². The van der Waals surface area contributed by atoms with Crippen molar-refractivity contribution in [2.75, 3.05) is 66.2 Å². The molecule has 0 radical (unpaired) electrons. The lowest BCUT2D eigenvalue weighted by Crippen LogP contribution is -2.49. The lowest BCUT2D eigenvalue weighted by Gasteiger charge is -2.40. The molecular formula is C40H45F4N9O4. The van der Waals surface area contributed by atoms with E-state index in [-0.39, 0.29) is 29.5 Å². The second-order valence-electron chi connectivity index (χ2n) is 15.3. The number of carbonyl (C=O) groups excluding carboxylic acids is 3. The zero-order chi connectivity index (χ0) is 40.5. The van der Waals surface area contributed by atoms with Crippen molar-refractivity contribution in [1.29, 1.82) is 0 Å². The van der Waals surface area contributed by atoms with Crippen LogP contribution in [0.25, 0.3) is 5.69 Å². The van der Waals surface area contributed by atoms with Crippen molar-refractivity contribution >= 4 is 40.5 Å². The van der Waals surface area contributed by atoms with Crippen LogP contribution >= 0.6 is 0 Å². The van der Waals surface area contributed by atoms with Gasteiger partial charge < -0.3 is 25.5 Å². The number of amides is 3. The number of aromatic nitrogens is 3. The second kappa shape index (κ2) is 16.1. The molecule has 3 amide bonds. The molecule has 3 saturated heterocycles. The summed E-state index contributed by atoms with van der Waals surface area (Å²) >= 11 is 0. The molecule has 0 aliphatic carbocycles. The minimum absolute atomic E-state index is 0.135. The molecule has 4 N–H and O–H groups in total. The molecule has 3 aliphatic rings. The SMILES string of the molecule is CC(C)(O)c1nn(-c2ccc(N3CCN(CC4CCN(c5ccc(NC6CCC(=O)NC6=O)cc5F)CC4)CC3)cc2)cc1NC(=O)c1cccc(C(F)(F)F)n1. The van der Waals surface area contributed by atoms with Crippen molar-refractivity contribution in [3.05, 3.63) is 89.8 Å². The fourth-order valence-electron chi connectivity index (χ4n) is 7.57. The number of aliphatic hydroxyl groups is 1. The van der Waals surface area contributed by atoms with Gasteiger partial charge in [-0.2, -0.15) is 18.3 Å². The summed E-state index contributed by atoms with van der Waals surface area (Å²) in [5.74, 6) is -1.40. The van der Waals surface area contributed by atoms with Gasteiger partial charge >= 0.3 is 6.18 Å². The molecular weight excluding hydrogens is 746 g/mol. The van der Waals surface area contributed by atoms with Gasteiger partial charge in [0.1, 0.15) is 34.5 Å². The number of imide groups is 1. The molecule has 57 heavy (non-hydrogen) atoms. The van der Waals surface area contributed by atoms with Crippen LogP contribution in [0.2, 0.25) is 0 Å². The van der Waals surface area contributed by atoms with E-state index < -0.39 is 41.0 Å². The van der Waals surface area contributed by atoms with E-state index in [0.717, 1.165) is 76.5 Å².